The fraction of sp³-hybridized carbons (Fsp3) is 0. The van der Waals surface area contributed by atoms with Crippen LogP contribution in [0.2, 0.25) is 0 Å². The average Bonchev–Trinajstić information content (AvgIpc) is 2.82. The Balaban J connectivity index is 2.12. The summed E-state index contributed by atoms with van der Waals surface area (Å²) >= 11 is 0. The maximum Gasteiger partial charge on any atom is 0.343 e. The van der Waals surface area contributed by atoms with Crippen molar-refractivity contribution >= 4 is 11.7 Å². The molecule has 0 unspecified atom stereocenters. The lowest BCUT2D eigenvalue weighted by Crippen LogP contribution is -2.07. The number of non-ortho nitro benzene ring substituents is 1. The number of H-pyrrole nitrogens is 1. The third kappa shape index (κ3) is 2.46. The first-order chi connectivity index (χ1) is 8.16. The third-order valence-corrected chi connectivity index (χ3v) is 2.00. The van der Waals surface area contributed by atoms with Gasteiger partial charge in [-0.3, -0.25) is 15.2 Å². The summed E-state index contributed by atoms with van der Waals surface area (Å²) in [5, 5.41) is 16.5. The smallest absolute Gasteiger partial charge is 0.343 e. The van der Waals surface area contributed by atoms with Gasteiger partial charge in [0.25, 0.3) is 5.69 Å². The summed E-state index contributed by atoms with van der Waals surface area (Å²) in [6.07, 6.45) is 2.77. The molecule has 1 heterocycles. The Morgan fingerprint density at radius 3 is 2.59 bits per heavy atom. The van der Waals surface area contributed by atoms with E-state index in [1.54, 1.807) is 0 Å². The van der Waals surface area contributed by atoms with Gasteiger partial charge in [-0.2, -0.15) is 5.10 Å². The van der Waals surface area contributed by atoms with Gasteiger partial charge in [-0.25, -0.2) is 4.79 Å². The molecule has 2 rings (SSSR count). The summed E-state index contributed by atoms with van der Waals surface area (Å²) < 4.78 is 4.94. The first kappa shape index (κ1) is 10.8. The molecule has 0 saturated heterocycles. The molecule has 1 N–H and O–H groups in total. The molecule has 7 heteroatoms. The van der Waals surface area contributed by atoms with E-state index in [2.05, 4.69) is 10.2 Å². The number of nitrogens with zero attached hydrogens (tertiary/aromatic N) is 2. The zero-order valence-electron chi connectivity index (χ0n) is 8.49. The number of nitro benzene ring substituents is 1. The summed E-state index contributed by atoms with van der Waals surface area (Å²) in [6.45, 7) is 0. The van der Waals surface area contributed by atoms with E-state index >= 15 is 0 Å². The molecule has 0 aliphatic rings. The predicted octanol–water partition coefficient (Wildman–Crippen LogP) is 1.54. The highest BCUT2D eigenvalue weighted by Crippen LogP contribution is 2.14. The number of carbonyl (C=O) groups is 1. The van der Waals surface area contributed by atoms with Gasteiger partial charge in [0.2, 0.25) is 0 Å². The van der Waals surface area contributed by atoms with Crippen molar-refractivity contribution in [1.29, 1.82) is 0 Å². The molecule has 7 nitrogen and oxygen atoms in total. The normalized spacial score (nSPS) is 9.88. The van der Waals surface area contributed by atoms with Crippen molar-refractivity contribution in [2.45, 2.75) is 0 Å². The lowest BCUT2D eigenvalue weighted by atomic mass is 10.2. The Morgan fingerprint density at radius 2 is 2.06 bits per heavy atom. The number of carbonyl (C=O) groups excluding carboxylic acids is 1. The van der Waals surface area contributed by atoms with Crippen LogP contribution in [0.5, 0.6) is 5.75 Å². The lowest BCUT2D eigenvalue weighted by molar-refractivity contribution is -0.384. The van der Waals surface area contributed by atoms with Crippen LogP contribution >= 0.6 is 0 Å². The van der Waals surface area contributed by atoms with Gasteiger partial charge < -0.3 is 4.74 Å². The Bertz CT molecular complexity index is 533. The van der Waals surface area contributed by atoms with Crippen LogP contribution in [-0.2, 0) is 0 Å². The van der Waals surface area contributed by atoms with Crippen LogP contribution in [0.1, 0.15) is 10.4 Å². The largest absolute Gasteiger partial charge is 0.420 e. The Morgan fingerprint density at radius 1 is 1.35 bits per heavy atom. The second kappa shape index (κ2) is 4.44. The van der Waals surface area contributed by atoms with Gasteiger partial charge in [0, 0.05) is 12.1 Å². The van der Waals surface area contributed by atoms with Crippen molar-refractivity contribution < 1.29 is 14.5 Å². The van der Waals surface area contributed by atoms with Gasteiger partial charge in [-0.05, 0) is 12.1 Å². The minimum atomic E-state index is -0.596. The van der Waals surface area contributed by atoms with Crippen LogP contribution in [0.25, 0.3) is 0 Å². The van der Waals surface area contributed by atoms with E-state index in [4.69, 9.17) is 4.74 Å². The number of benzene rings is 1. The molecule has 0 radical (unpaired) electrons. The second-order valence-corrected chi connectivity index (χ2v) is 3.13. The van der Waals surface area contributed by atoms with Crippen molar-refractivity contribution in [2.24, 2.45) is 0 Å². The van der Waals surface area contributed by atoms with Crippen molar-refractivity contribution in [3.05, 3.63) is 52.3 Å². The fourth-order valence-corrected chi connectivity index (χ4v) is 1.18. The summed E-state index contributed by atoms with van der Waals surface area (Å²) in [5.41, 5.74) is 0.154. The van der Waals surface area contributed by atoms with Gasteiger partial charge in [0.1, 0.15) is 0 Å². The number of aromatic amines is 1. The maximum atomic E-state index is 11.6. The van der Waals surface area contributed by atoms with Crippen molar-refractivity contribution in [2.75, 3.05) is 0 Å². The van der Waals surface area contributed by atoms with E-state index in [1.807, 2.05) is 0 Å². The maximum absolute atomic E-state index is 11.6. The van der Waals surface area contributed by atoms with E-state index < -0.39 is 10.9 Å². The highest BCUT2D eigenvalue weighted by atomic mass is 16.6. The molecule has 17 heavy (non-hydrogen) atoms. The number of rotatable bonds is 3. The van der Waals surface area contributed by atoms with E-state index in [-0.39, 0.29) is 17.0 Å². The van der Waals surface area contributed by atoms with E-state index in [9.17, 15) is 14.9 Å². The van der Waals surface area contributed by atoms with E-state index in [0.717, 1.165) is 0 Å². The quantitative estimate of drug-likeness (QED) is 0.492. The molecule has 0 aliphatic carbocycles. The molecule has 0 saturated carbocycles. The fourth-order valence-electron chi connectivity index (χ4n) is 1.18. The number of esters is 1. The monoisotopic (exact) mass is 233 g/mol. The van der Waals surface area contributed by atoms with Crippen molar-refractivity contribution in [3.8, 4) is 5.75 Å². The minimum absolute atomic E-state index is 0.0788. The summed E-state index contributed by atoms with van der Waals surface area (Å²) in [7, 11) is 0. The first-order valence-corrected chi connectivity index (χ1v) is 4.62. The topological polar surface area (TPSA) is 98.1 Å². The SMILES string of the molecule is O=C(Oc1cn[nH]c1)c1ccc([N+](=O)[O-])cc1. The number of ether oxygens (including phenoxy) is 1. The molecule has 2 aromatic rings. The highest BCUT2D eigenvalue weighted by Gasteiger charge is 2.11. The number of nitrogens with one attached hydrogen (secondary N) is 1. The third-order valence-electron chi connectivity index (χ3n) is 2.00. The predicted molar refractivity (Wildman–Crippen MR) is 56.6 cm³/mol. The van der Waals surface area contributed by atoms with Crippen LogP contribution < -0.4 is 4.74 Å². The number of hydrogen-bond acceptors (Lipinski definition) is 5. The standard InChI is InChI=1S/C10H7N3O4/c14-10(17-9-5-11-12-6-9)7-1-3-8(4-2-7)13(15)16/h1-6H,(H,11,12). The van der Waals surface area contributed by atoms with E-state index in [1.165, 1.54) is 36.7 Å². The molecule has 0 spiro atoms. The van der Waals surface area contributed by atoms with Gasteiger partial charge in [0.15, 0.2) is 5.75 Å². The Labute approximate surface area is 95.2 Å². The van der Waals surface area contributed by atoms with Crippen molar-refractivity contribution in [3.63, 3.8) is 0 Å². The molecule has 0 bridgehead atoms. The number of nitro groups is 1. The first-order valence-electron chi connectivity index (χ1n) is 4.62. The molecule has 0 fully saturated rings. The molecular formula is C10H7N3O4. The van der Waals surface area contributed by atoms with Crippen LogP contribution in [-0.4, -0.2) is 21.1 Å². The average molecular weight is 233 g/mol. The number of hydrogen-bond donors (Lipinski definition) is 1. The van der Waals surface area contributed by atoms with Crippen LogP contribution in [0, 0.1) is 10.1 Å². The summed E-state index contributed by atoms with van der Waals surface area (Å²) in [6, 6.07) is 5.15. The molecular weight excluding hydrogens is 226 g/mol. The molecule has 0 atom stereocenters. The number of aromatic nitrogens is 2. The zero-order chi connectivity index (χ0) is 12.3. The van der Waals surface area contributed by atoms with Gasteiger partial charge in [-0.15, -0.1) is 0 Å². The Hall–Kier alpha value is -2.70. The van der Waals surface area contributed by atoms with Crippen LogP contribution in [0.3, 0.4) is 0 Å². The molecule has 0 amide bonds. The molecule has 86 valence electrons. The van der Waals surface area contributed by atoms with Gasteiger partial charge >= 0.3 is 5.97 Å². The molecule has 0 aliphatic heterocycles. The molecule has 1 aromatic heterocycles. The van der Waals surface area contributed by atoms with Crippen LogP contribution in [0.15, 0.2) is 36.7 Å². The van der Waals surface area contributed by atoms with Crippen molar-refractivity contribution in [1.82, 2.24) is 10.2 Å². The second-order valence-electron chi connectivity index (χ2n) is 3.13. The van der Waals surface area contributed by atoms with Gasteiger partial charge in [-0.1, -0.05) is 0 Å². The zero-order valence-corrected chi connectivity index (χ0v) is 8.49. The summed E-state index contributed by atoms with van der Waals surface area (Å²) in [5.74, 6) is -0.311. The minimum Gasteiger partial charge on any atom is -0.420 e. The van der Waals surface area contributed by atoms with Crippen LogP contribution in [0.4, 0.5) is 5.69 Å². The Kier molecular flexibility index (Phi) is 2.82. The highest BCUT2D eigenvalue weighted by molar-refractivity contribution is 5.91. The molecule has 1 aromatic carbocycles. The van der Waals surface area contributed by atoms with Gasteiger partial charge in [0.05, 0.1) is 22.9 Å². The summed E-state index contributed by atoms with van der Waals surface area (Å²) in [4.78, 5) is 21.4. The van der Waals surface area contributed by atoms with E-state index in [0.29, 0.717) is 0 Å². The lowest BCUT2D eigenvalue weighted by Gasteiger charge is -2.00.